The third-order valence-electron chi connectivity index (χ3n) is 5.24. The number of nitrogens with zero attached hydrogens (tertiary/aromatic N) is 3. The molecule has 0 saturated carbocycles. The van der Waals surface area contributed by atoms with E-state index < -0.39 is 22.0 Å². The van der Waals surface area contributed by atoms with Gasteiger partial charge in [-0.1, -0.05) is 29.0 Å². The Balaban J connectivity index is 1.74. The second kappa shape index (κ2) is 8.20. The summed E-state index contributed by atoms with van der Waals surface area (Å²) in [6.07, 6.45) is 1.10. The Morgan fingerprint density at radius 2 is 2.03 bits per heavy atom. The third-order valence-corrected chi connectivity index (χ3v) is 10.1. The Kier molecular flexibility index (Phi) is 5.93. The molecule has 0 aliphatic carbocycles. The summed E-state index contributed by atoms with van der Waals surface area (Å²) >= 11 is 8.40. The van der Waals surface area contributed by atoms with Gasteiger partial charge >= 0.3 is 0 Å². The van der Waals surface area contributed by atoms with Crippen LogP contribution in [0.15, 0.2) is 33.5 Å². The normalized spacial score (nSPS) is 18.5. The number of rotatable bonds is 4. The molecular weight excluding hydrogens is 462 g/mol. The third kappa shape index (κ3) is 3.78. The van der Waals surface area contributed by atoms with Gasteiger partial charge in [0.15, 0.2) is 4.80 Å². The number of halogens is 1. The van der Waals surface area contributed by atoms with Gasteiger partial charge in [0.2, 0.25) is 0 Å². The number of thiophene rings is 1. The zero-order valence-corrected chi connectivity index (χ0v) is 20.1. The topological polar surface area (TPSA) is 71.7 Å². The van der Waals surface area contributed by atoms with Crippen LogP contribution in [-0.4, -0.2) is 35.8 Å². The van der Waals surface area contributed by atoms with E-state index in [1.165, 1.54) is 21.7 Å². The second-order valence-electron chi connectivity index (χ2n) is 7.34. The van der Waals surface area contributed by atoms with Crippen LogP contribution in [0.2, 0.25) is 4.34 Å². The quantitative estimate of drug-likeness (QED) is 0.554. The maximum Gasteiger partial charge on any atom is 0.266 e. The first kappa shape index (κ1) is 21.7. The average molecular weight is 484 g/mol. The Hall–Kier alpha value is -1.52. The van der Waals surface area contributed by atoms with E-state index >= 15 is 0 Å². The van der Waals surface area contributed by atoms with Gasteiger partial charge in [-0.2, -0.15) is 9.30 Å². The Bertz CT molecular complexity index is 1300. The second-order valence-corrected chi connectivity index (χ2v) is 12.2. The molecule has 1 aliphatic rings. The minimum Gasteiger partial charge on any atom is -0.317 e. The standard InChI is InChI=1S/C20H22ClN3O3S3/c1-4-23-15-11-12(2)10-13(3)18(15)29-20(23)22-19(25)14-6-5-9-24(14)30(26,27)17-8-7-16(21)28-17/h7-8,10-11,14H,4-6,9H2,1-3H3. The summed E-state index contributed by atoms with van der Waals surface area (Å²) in [6, 6.07) is 6.47. The molecule has 0 N–H and O–H groups in total. The van der Waals surface area contributed by atoms with E-state index in [-0.39, 0.29) is 4.21 Å². The molecule has 1 amide bonds. The van der Waals surface area contributed by atoms with Crippen LogP contribution in [0.4, 0.5) is 0 Å². The van der Waals surface area contributed by atoms with Gasteiger partial charge in [-0.3, -0.25) is 4.79 Å². The van der Waals surface area contributed by atoms with Crippen LogP contribution in [0, 0.1) is 13.8 Å². The molecule has 0 spiro atoms. The van der Waals surface area contributed by atoms with E-state index in [4.69, 9.17) is 11.6 Å². The first-order valence-corrected chi connectivity index (χ1v) is 13.1. The Morgan fingerprint density at radius 3 is 2.70 bits per heavy atom. The monoisotopic (exact) mass is 483 g/mol. The maximum atomic E-state index is 13.1. The molecule has 1 saturated heterocycles. The van der Waals surface area contributed by atoms with Crippen molar-refractivity contribution in [3.05, 3.63) is 44.5 Å². The van der Waals surface area contributed by atoms with Crippen molar-refractivity contribution in [1.82, 2.24) is 8.87 Å². The molecule has 3 heterocycles. The molecule has 0 bridgehead atoms. The molecule has 1 atom stereocenters. The number of amides is 1. The Morgan fingerprint density at radius 1 is 1.27 bits per heavy atom. The fraction of sp³-hybridized carbons (Fsp3) is 0.400. The summed E-state index contributed by atoms with van der Waals surface area (Å²) in [5.74, 6) is -0.415. The molecule has 1 unspecified atom stereocenters. The lowest BCUT2D eigenvalue weighted by Gasteiger charge is -2.20. The van der Waals surface area contributed by atoms with Crippen molar-refractivity contribution >= 4 is 60.4 Å². The van der Waals surface area contributed by atoms with Crippen molar-refractivity contribution < 1.29 is 13.2 Å². The molecular formula is C20H22ClN3O3S3. The predicted octanol–water partition coefficient (Wildman–Crippen LogP) is 4.34. The smallest absolute Gasteiger partial charge is 0.266 e. The lowest BCUT2D eigenvalue weighted by Crippen LogP contribution is -2.40. The first-order chi connectivity index (χ1) is 14.2. The zero-order chi connectivity index (χ0) is 21.6. The molecule has 10 heteroatoms. The zero-order valence-electron chi connectivity index (χ0n) is 16.9. The SMILES string of the molecule is CCn1c(=NC(=O)C2CCCN2S(=O)(=O)c2ccc(Cl)s2)sc2c(C)cc(C)cc21. The van der Waals surface area contributed by atoms with Crippen molar-refractivity contribution in [2.75, 3.05) is 6.54 Å². The average Bonchev–Trinajstić information content (AvgIpc) is 3.40. The minimum atomic E-state index is -3.77. The van der Waals surface area contributed by atoms with E-state index in [1.54, 1.807) is 6.07 Å². The van der Waals surface area contributed by atoms with E-state index in [9.17, 15) is 13.2 Å². The molecule has 4 rings (SSSR count). The van der Waals surface area contributed by atoms with Gasteiger partial charge in [-0.15, -0.1) is 11.3 Å². The lowest BCUT2D eigenvalue weighted by atomic mass is 10.1. The summed E-state index contributed by atoms with van der Waals surface area (Å²) < 4.78 is 31.0. The predicted molar refractivity (Wildman–Crippen MR) is 122 cm³/mol. The molecule has 2 aromatic heterocycles. The molecule has 30 heavy (non-hydrogen) atoms. The van der Waals surface area contributed by atoms with E-state index in [2.05, 4.69) is 24.0 Å². The highest BCUT2D eigenvalue weighted by atomic mass is 35.5. The van der Waals surface area contributed by atoms with Gasteiger partial charge in [0.25, 0.3) is 15.9 Å². The summed E-state index contributed by atoms with van der Waals surface area (Å²) in [5, 5.41) is 0. The highest BCUT2D eigenvalue weighted by Gasteiger charge is 2.40. The number of aromatic nitrogens is 1. The van der Waals surface area contributed by atoms with Crippen molar-refractivity contribution in [3.8, 4) is 0 Å². The largest absolute Gasteiger partial charge is 0.317 e. The van der Waals surface area contributed by atoms with Crippen LogP contribution in [-0.2, 0) is 21.4 Å². The molecule has 160 valence electrons. The van der Waals surface area contributed by atoms with Crippen LogP contribution in [0.5, 0.6) is 0 Å². The van der Waals surface area contributed by atoms with Crippen LogP contribution in [0.25, 0.3) is 10.2 Å². The maximum absolute atomic E-state index is 13.1. The highest BCUT2D eigenvalue weighted by Crippen LogP contribution is 2.32. The number of fused-ring (bicyclic) bond motifs is 1. The number of thiazole rings is 1. The summed E-state index contributed by atoms with van der Waals surface area (Å²) in [6.45, 7) is 7.09. The number of benzene rings is 1. The van der Waals surface area contributed by atoms with E-state index in [0.29, 0.717) is 35.1 Å². The van der Waals surface area contributed by atoms with Crippen LogP contribution >= 0.6 is 34.3 Å². The number of hydrogen-bond acceptors (Lipinski definition) is 5. The highest BCUT2D eigenvalue weighted by molar-refractivity contribution is 7.91. The summed E-state index contributed by atoms with van der Waals surface area (Å²) in [7, 11) is -3.77. The molecule has 0 radical (unpaired) electrons. The van der Waals surface area contributed by atoms with Gasteiger partial charge in [0.1, 0.15) is 10.3 Å². The summed E-state index contributed by atoms with van der Waals surface area (Å²) in [4.78, 5) is 18.1. The van der Waals surface area contributed by atoms with Gasteiger partial charge in [-0.25, -0.2) is 8.42 Å². The van der Waals surface area contributed by atoms with Gasteiger partial charge < -0.3 is 4.57 Å². The molecule has 1 fully saturated rings. The molecule has 3 aromatic rings. The van der Waals surface area contributed by atoms with Crippen molar-refractivity contribution in [3.63, 3.8) is 0 Å². The fourth-order valence-corrected chi connectivity index (χ4v) is 8.31. The molecule has 1 aliphatic heterocycles. The number of hydrogen-bond donors (Lipinski definition) is 0. The van der Waals surface area contributed by atoms with Gasteiger partial charge in [-0.05, 0) is 62.9 Å². The van der Waals surface area contributed by atoms with E-state index in [1.807, 2.05) is 18.4 Å². The molecule has 6 nitrogen and oxygen atoms in total. The molecule has 1 aromatic carbocycles. The number of carbonyl (C=O) groups is 1. The van der Waals surface area contributed by atoms with Crippen LogP contribution in [0.3, 0.4) is 0 Å². The van der Waals surface area contributed by atoms with Crippen LogP contribution < -0.4 is 4.80 Å². The van der Waals surface area contributed by atoms with Gasteiger partial charge in [0, 0.05) is 13.1 Å². The fourth-order valence-electron chi connectivity index (χ4n) is 3.90. The van der Waals surface area contributed by atoms with Crippen LogP contribution in [0.1, 0.15) is 30.9 Å². The summed E-state index contributed by atoms with van der Waals surface area (Å²) in [5.41, 5.74) is 3.35. The Labute approximate surface area is 188 Å². The first-order valence-electron chi connectivity index (χ1n) is 9.68. The number of carbonyl (C=O) groups excluding carboxylic acids is 1. The lowest BCUT2D eigenvalue weighted by molar-refractivity contribution is -0.121. The van der Waals surface area contributed by atoms with E-state index in [0.717, 1.165) is 32.7 Å². The van der Waals surface area contributed by atoms with Crippen molar-refractivity contribution in [2.24, 2.45) is 4.99 Å². The number of aryl methyl sites for hydroxylation is 3. The van der Waals surface area contributed by atoms with Crippen molar-refractivity contribution in [2.45, 2.75) is 50.4 Å². The minimum absolute atomic E-state index is 0.156. The number of sulfonamides is 1. The van der Waals surface area contributed by atoms with Crippen molar-refractivity contribution in [1.29, 1.82) is 0 Å². The van der Waals surface area contributed by atoms with Gasteiger partial charge in [0.05, 0.1) is 14.6 Å².